The lowest BCUT2D eigenvalue weighted by atomic mass is 9.95. The predicted molar refractivity (Wildman–Crippen MR) is 135 cm³/mol. The molecular weight excluding hydrogens is 454 g/mol. The fourth-order valence-corrected chi connectivity index (χ4v) is 4.48. The molecule has 0 radical (unpaired) electrons. The van der Waals surface area contributed by atoms with Crippen molar-refractivity contribution in [1.29, 1.82) is 0 Å². The Hall–Kier alpha value is -3.47. The van der Waals surface area contributed by atoms with Crippen LogP contribution in [0.25, 0.3) is 10.9 Å². The number of nitrogens with two attached hydrogens (primary N) is 1. The summed E-state index contributed by atoms with van der Waals surface area (Å²) in [5.41, 5.74) is 6.44. The lowest BCUT2D eigenvalue weighted by Crippen LogP contribution is -2.37. The molecule has 0 bridgehead atoms. The van der Waals surface area contributed by atoms with Gasteiger partial charge in [0.1, 0.15) is 5.82 Å². The molecule has 2 heterocycles. The Morgan fingerprint density at radius 3 is 2.62 bits per heavy atom. The van der Waals surface area contributed by atoms with Gasteiger partial charge in [-0.2, -0.15) is 4.98 Å². The number of fused-ring (bicyclic) bond motifs is 1. The highest BCUT2D eigenvalue weighted by molar-refractivity contribution is 8.00. The quantitative estimate of drug-likeness (QED) is 0.304. The molecule has 0 spiro atoms. The van der Waals surface area contributed by atoms with E-state index in [9.17, 15) is 14.9 Å². The molecule has 0 unspecified atom stereocenters. The van der Waals surface area contributed by atoms with Gasteiger partial charge < -0.3 is 16.0 Å². The Labute approximate surface area is 202 Å². The summed E-state index contributed by atoms with van der Waals surface area (Å²) in [6, 6.07) is 11.0. The Morgan fingerprint density at radius 1 is 1.18 bits per heavy atom. The normalized spacial score (nSPS) is 13.6. The number of rotatable bonds is 6. The van der Waals surface area contributed by atoms with E-state index in [4.69, 9.17) is 5.73 Å². The molecule has 4 rings (SSSR count). The van der Waals surface area contributed by atoms with Gasteiger partial charge in [-0.1, -0.05) is 43.2 Å². The number of nitrogens with one attached hydrogen (secondary N) is 1. The van der Waals surface area contributed by atoms with Crippen molar-refractivity contribution in [3.8, 4) is 0 Å². The summed E-state index contributed by atoms with van der Waals surface area (Å²) in [6.07, 6.45) is 7.10. The van der Waals surface area contributed by atoms with Crippen molar-refractivity contribution >= 4 is 46.0 Å². The largest absolute Gasteiger partial charge is 0.368 e. The van der Waals surface area contributed by atoms with Crippen LogP contribution >= 0.6 is 11.8 Å². The van der Waals surface area contributed by atoms with Gasteiger partial charge in [0.25, 0.3) is 0 Å². The van der Waals surface area contributed by atoms with E-state index < -0.39 is 4.92 Å². The lowest BCUT2D eigenvalue weighted by Gasteiger charge is -2.22. The molecule has 11 heteroatoms. The molecule has 1 amide bonds. The van der Waals surface area contributed by atoms with Gasteiger partial charge >= 0.3 is 5.69 Å². The van der Waals surface area contributed by atoms with E-state index in [1.807, 2.05) is 43.3 Å². The minimum Gasteiger partial charge on any atom is -0.368 e. The maximum Gasteiger partial charge on any atom is 0.301 e. The Morgan fingerprint density at radius 2 is 1.91 bits per heavy atom. The monoisotopic (exact) mass is 483 g/mol. The van der Waals surface area contributed by atoms with Gasteiger partial charge in [0.15, 0.2) is 5.03 Å². The molecule has 1 aliphatic carbocycles. The summed E-state index contributed by atoms with van der Waals surface area (Å²) in [7, 11) is 3.88. The van der Waals surface area contributed by atoms with E-state index in [2.05, 4.69) is 20.3 Å². The second-order valence-electron chi connectivity index (χ2n) is 8.09. The third-order valence-electron chi connectivity index (χ3n) is 5.28. The molecule has 2 aromatic heterocycles. The zero-order valence-corrected chi connectivity index (χ0v) is 20.1. The molecule has 0 saturated heterocycles. The summed E-state index contributed by atoms with van der Waals surface area (Å²) in [5, 5.41) is 15.1. The highest BCUT2D eigenvalue weighted by Gasteiger charge is 2.18. The molecule has 3 aromatic rings. The number of hydrogen-bond donors (Lipinski definition) is 2. The number of hydrogen-bond acceptors (Lipinski definition) is 9. The van der Waals surface area contributed by atoms with E-state index >= 15 is 0 Å². The number of nitrogen functional groups attached to an aromatic ring is 1. The van der Waals surface area contributed by atoms with Crippen molar-refractivity contribution in [1.82, 2.24) is 20.3 Å². The molecule has 3 N–H and O–H groups in total. The van der Waals surface area contributed by atoms with E-state index in [1.54, 1.807) is 0 Å². The first-order valence-electron chi connectivity index (χ1n) is 11.1. The number of pyridine rings is 1. The minimum absolute atomic E-state index is 0.0528. The van der Waals surface area contributed by atoms with Gasteiger partial charge in [-0.3, -0.25) is 14.9 Å². The molecule has 34 heavy (non-hydrogen) atoms. The number of amides is 1. The van der Waals surface area contributed by atoms with Crippen molar-refractivity contribution in [2.24, 2.45) is 0 Å². The number of anilines is 2. The van der Waals surface area contributed by atoms with Crippen molar-refractivity contribution in [2.45, 2.75) is 43.2 Å². The molecular formula is C23H29N7O3S. The van der Waals surface area contributed by atoms with Gasteiger partial charge in [0.05, 0.1) is 16.2 Å². The smallest absolute Gasteiger partial charge is 0.301 e. The van der Waals surface area contributed by atoms with Gasteiger partial charge in [-0.15, -0.1) is 0 Å². The van der Waals surface area contributed by atoms with E-state index in [-0.39, 0.29) is 28.4 Å². The Balaban J connectivity index is 0.000000202. The van der Waals surface area contributed by atoms with Crippen molar-refractivity contribution in [3.05, 3.63) is 52.7 Å². The van der Waals surface area contributed by atoms with Crippen molar-refractivity contribution in [2.75, 3.05) is 30.5 Å². The van der Waals surface area contributed by atoms with Crippen LogP contribution in [0.4, 0.5) is 17.5 Å². The lowest BCUT2D eigenvalue weighted by molar-refractivity contribution is -0.388. The number of benzene rings is 1. The van der Waals surface area contributed by atoms with Gasteiger partial charge in [-0.25, -0.2) is 9.97 Å². The number of nitrogens with zero attached hydrogens (tertiary/aromatic N) is 5. The van der Waals surface area contributed by atoms with Crippen LogP contribution in [0.5, 0.6) is 0 Å². The molecule has 1 aromatic carbocycles. The standard InChI is InChI=1S/C13H17N3O3S.C10H12N4/c17-12(15-10-5-2-1-3-6-10)9-20-13-11(16(18)19)7-4-8-14-13;1-14(2)9-7-5-3-4-6-8(7)12-10(11)13-9/h4,7-8,10H,1-3,5-6,9H2,(H,15,17);3-6H,1-2H3,(H2,11,12,13). The first-order valence-corrected chi connectivity index (χ1v) is 12.0. The van der Waals surface area contributed by atoms with Crippen LogP contribution in [-0.2, 0) is 4.79 Å². The topological polar surface area (TPSA) is 140 Å². The van der Waals surface area contributed by atoms with Crippen LogP contribution in [0.1, 0.15) is 32.1 Å². The molecule has 0 aliphatic heterocycles. The van der Waals surface area contributed by atoms with E-state index in [0.29, 0.717) is 5.95 Å². The van der Waals surface area contributed by atoms with Gasteiger partial charge in [0.2, 0.25) is 11.9 Å². The Bertz CT molecular complexity index is 1140. The third-order valence-corrected chi connectivity index (χ3v) is 6.28. The van der Waals surface area contributed by atoms with Crippen LogP contribution in [0, 0.1) is 10.1 Å². The van der Waals surface area contributed by atoms with Crippen LogP contribution in [0.3, 0.4) is 0 Å². The maximum absolute atomic E-state index is 11.8. The molecule has 180 valence electrons. The molecule has 1 saturated carbocycles. The first-order chi connectivity index (χ1) is 16.3. The summed E-state index contributed by atoms with van der Waals surface area (Å²) >= 11 is 1.11. The fourth-order valence-electron chi connectivity index (χ4n) is 3.70. The molecule has 10 nitrogen and oxygen atoms in total. The highest BCUT2D eigenvalue weighted by Crippen LogP contribution is 2.26. The third kappa shape index (κ3) is 7.01. The van der Waals surface area contributed by atoms with E-state index in [1.165, 1.54) is 24.8 Å². The number of para-hydroxylation sites is 1. The maximum atomic E-state index is 11.8. The molecule has 0 atom stereocenters. The van der Waals surface area contributed by atoms with Crippen LogP contribution < -0.4 is 16.0 Å². The number of carbonyl (C=O) groups is 1. The first kappa shape index (κ1) is 25.2. The van der Waals surface area contributed by atoms with Crippen LogP contribution in [-0.4, -0.2) is 51.7 Å². The summed E-state index contributed by atoms with van der Waals surface area (Å²) in [4.78, 5) is 36.4. The summed E-state index contributed by atoms with van der Waals surface area (Å²) in [5.74, 6) is 1.25. The highest BCUT2D eigenvalue weighted by atomic mass is 32.2. The fraction of sp³-hybridized carbons (Fsp3) is 0.391. The number of aromatic nitrogens is 3. The SMILES string of the molecule is CN(C)c1nc(N)nc2ccccc12.O=C(CSc1ncccc1[N+](=O)[O-])NC1CCCCC1. The number of thioether (sulfide) groups is 1. The van der Waals surface area contributed by atoms with Crippen molar-refractivity contribution < 1.29 is 9.72 Å². The van der Waals surface area contributed by atoms with Crippen molar-refractivity contribution in [3.63, 3.8) is 0 Å². The molecule has 1 fully saturated rings. The van der Waals surface area contributed by atoms with Crippen LogP contribution in [0.2, 0.25) is 0 Å². The average Bonchev–Trinajstić information content (AvgIpc) is 2.83. The zero-order valence-electron chi connectivity index (χ0n) is 19.3. The van der Waals surface area contributed by atoms with Gasteiger partial charge in [-0.05, 0) is 31.0 Å². The second kappa shape index (κ2) is 12.1. The summed E-state index contributed by atoms with van der Waals surface area (Å²) < 4.78 is 0. The van der Waals surface area contributed by atoms with Gasteiger partial charge in [0, 0.05) is 37.8 Å². The average molecular weight is 484 g/mol. The van der Waals surface area contributed by atoms with Crippen LogP contribution in [0.15, 0.2) is 47.6 Å². The summed E-state index contributed by atoms with van der Waals surface area (Å²) in [6.45, 7) is 0. The minimum atomic E-state index is -0.478. The number of carbonyl (C=O) groups excluding carboxylic acids is 1. The zero-order chi connectivity index (χ0) is 24.5. The predicted octanol–water partition coefficient (Wildman–Crippen LogP) is 3.81. The molecule has 1 aliphatic rings. The number of nitro groups is 1. The Kier molecular flexibility index (Phi) is 8.97. The second-order valence-corrected chi connectivity index (χ2v) is 9.06. The van der Waals surface area contributed by atoms with E-state index in [0.717, 1.165) is 54.2 Å².